The van der Waals surface area contributed by atoms with Crippen molar-refractivity contribution in [3.63, 3.8) is 0 Å². The highest BCUT2D eigenvalue weighted by atomic mass is 16.5. The van der Waals surface area contributed by atoms with Crippen molar-refractivity contribution in [2.45, 2.75) is 25.4 Å². The summed E-state index contributed by atoms with van der Waals surface area (Å²) in [6, 6.07) is 14.7. The molecule has 4 rings (SSSR count). The maximum Gasteiger partial charge on any atom is 0.253 e. The molecule has 0 aromatic heterocycles. The van der Waals surface area contributed by atoms with Gasteiger partial charge in [-0.1, -0.05) is 24.3 Å². The standard InChI is InChI=1S/C21H24N2O2/c1-22-13-18-6-4-3-5-15(18)12-19(22)14-23(2)21(24)17-7-8-20-16(11-17)9-10-25-20/h3-8,11,19H,9-10,12-14H2,1-2H3. The summed E-state index contributed by atoms with van der Waals surface area (Å²) in [7, 11) is 4.05. The van der Waals surface area contributed by atoms with Crippen molar-refractivity contribution in [3.8, 4) is 5.75 Å². The molecule has 0 N–H and O–H groups in total. The molecule has 0 fully saturated rings. The lowest BCUT2D eigenvalue weighted by molar-refractivity contribution is 0.0733. The quantitative estimate of drug-likeness (QED) is 0.864. The molecule has 2 aromatic rings. The van der Waals surface area contributed by atoms with Gasteiger partial charge in [0.15, 0.2) is 0 Å². The van der Waals surface area contributed by atoms with E-state index in [9.17, 15) is 4.79 Å². The fourth-order valence-corrected chi connectivity index (χ4v) is 3.86. The van der Waals surface area contributed by atoms with Gasteiger partial charge in [0, 0.05) is 38.2 Å². The van der Waals surface area contributed by atoms with Gasteiger partial charge < -0.3 is 9.64 Å². The van der Waals surface area contributed by atoms with Crippen LogP contribution in [0.5, 0.6) is 5.75 Å². The molecule has 0 radical (unpaired) electrons. The summed E-state index contributed by atoms with van der Waals surface area (Å²) in [5, 5.41) is 0. The van der Waals surface area contributed by atoms with Gasteiger partial charge in [-0.2, -0.15) is 0 Å². The average Bonchev–Trinajstić information content (AvgIpc) is 3.09. The van der Waals surface area contributed by atoms with Gasteiger partial charge in [-0.15, -0.1) is 0 Å². The zero-order chi connectivity index (χ0) is 17.4. The van der Waals surface area contributed by atoms with Crippen LogP contribution in [0, 0.1) is 0 Å². The van der Waals surface area contributed by atoms with Crippen molar-refractivity contribution in [1.29, 1.82) is 0 Å². The Hall–Kier alpha value is -2.33. The first kappa shape index (κ1) is 16.2. The Morgan fingerprint density at radius 1 is 1.20 bits per heavy atom. The van der Waals surface area contributed by atoms with E-state index in [2.05, 4.69) is 36.2 Å². The first-order valence-electron chi connectivity index (χ1n) is 8.90. The Bertz CT molecular complexity index is 802. The molecule has 4 heteroatoms. The molecule has 1 atom stereocenters. The van der Waals surface area contributed by atoms with Crippen LogP contribution in [0.15, 0.2) is 42.5 Å². The van der Waals surface area contributed by atoms with Gasteiger partial charge in [-0.05, 0) is 48.4 Å². The van der Waals surface area contributed by atoms with Gasteiger partial charge in [0.1, 0.15) is 5.75 Å². The lowest BCUT2D eigenvalue weighted by Crippen LogP contribution is -2.46. The van der Waals surface area contributed by atoms with Crippen molar-refractivity contribution in [2.75, 3.05) is 27.2 Å². The molecule has 0 bridgehead atoms. The lowest BCUT2D eigenvalue weighted by atomic mass is 9.94. The number of nitrogens with zero attached hydrogens (tertiary/aromatic N) is 2. The minimum atomic E-state index is 0.0851. The number of hydrogen-bond acceptors (Lipinski definition) is 3. The smallest absolute Gasteiger partial charge is 0.253 e. The Morgan fingerprint density at radius 2 is 2.00 bits per heavy atom. The molecule has 25 heavy (non-hydrogen) atoms. The molecule has 0 saturated heterocycles. The highest BCUT2D eigenvalue weighted by Crippen LogP contribution is 2.27. The molecular formula is C21H24N2O2. The average molecular weight is 336 g/mol. The van der Waals surface area contributed by atoms with Crippen molar-refractivity contribution in [2.24, 2.45) is 0 Å². The van der Waals surface area contributed by atoms with E-state index in [1.165, 1.54) is 11.1 Å². The van der Waals surface area contributed by atoms with Crippen LogP contribution >= 0.6 is 0 Å². The number of fused-ring (bicyclic) bond motifs is 2. The van der Waals surface area contributed by atoms with Crippen LogP contribution in [0.4, 0.5) is 0 Å². The van der Waals surface area contributed by atoms with E-state index >= 15 is 0 Å². The van der Waals surface area contributed by atoms with Crippen molar-refractivity contribution in [1.82, 2.24) is 9.80 Å². The molecule has 2 aromatic carbocycles. The van der Waals surface area contributed by atoms with Gasteiger partial charge in [0.2, 0.25) is 0 Å². The SMILES string of the molecule is CN(CC1Cc2ccccc2CN1C)C(=O)c1ccc2c(c1)CCO2. The number of hydrogen-bond donors (Lipinski definition) is 0. The number of carbonyl (C=O) groups excluding carboxylic acids is 1. The number of rotatable bonds is 3. The van der Waals surface area contributed by atoms with Crippen LogP contribution in [-0.2, 0) is 19.4 Å². The summed E-state index contributed by atoms with van der Waals surface area (Å²) in [6.07, 6.45) is 1.88. The van der Waals surface area contributed by atoms with Gasteiger partial charge in [-0.25, -0.2) is 0 Å². The summed E-state index contributed by atoms with van der Waals surface area (Å²) in [6.45, 7) is 2.39. The van der Waals surface area contributed by atoms with Crippen LogP contribution < -0.4 is 4.74 Å². The first-order valence-corrected chi connectivity index (χ1v) is 8.90. The molecular weight excluding hydrogens is 312 g/mol. The van der Waals surface area contributed by atoms with E-state index in [-0.39, 0.29) is 5.91 Å². The Morgan fingerprint density at radius 3 is 2.84 bits per heavy atom. The Balaban J connectivity index is 1.46. The molecule has 2 aliphatic rings. The van der Waals surface area contributed by atoms with E-state index in [1.54, 1.807) is 0 Å². The molecule has 2 aliphatic heterocycles. The van der Waals surface area contributed by atoms with Crippen LogP contribution in [0.1, 0.15) is 27.0 Å². The molecule has 0 aliphatic carbocycles. The first-order chi connectivity index (χ1) is 12.1. The number of amides is 1. The summed E-state index contributed by atoms with van der Waals surface area (Å²) in [5.41, 5.74) is 4.70. The number of carbonyl (C=O) groups is 1. The second-order valence-electron chi connectivity index (χ2n) is 7.15. The Kier molecular flexibility index (Phi) is 4.22. The van der Waals surface area contributed by atoms with Gasteiger partial charge in [0.05, 0.1) is 6.61 Å². The predicted molar refractivity (Wildman–Crippen MR) is 98.0 cm³/mol. The fourth-order valence-electron chi connectivity index (χ4n) is 3.86. The minimum absolute atomic E-state index is 0.0851. The summed E-state index contributed by atoms with van der Waals surface area (Å²) >= 11 is 0. The van der Waals surface area contributed by atoms with E-state index in [0.717, 1.165) is 49.4 Å². The normalized spacial score (nSPS) is 19.0. The molecule has 0 saturated carbocycles. The second kappa shape index (κ2) is 6.52. The van der Waals surface area contributed by atoms with Crippen LogP contribution in [0.25, 0.3) is 0 Å². The van der Waals surface area contributed by atoms with Crippen molar-refractivity contribution in [3.05, 3.63) is 64.7 Å². The second-order valence-corrected chi connectivity index (χ2v) is 7.15. The van der Waals surface area contributed by atoms with E-state index in [0.29, 0.717) is 6.04 Å². The molecule has 2 heterocycles. The molecule has 1 amide bonds. The molecule has 4 nitrogen and oxygen atoms in total. The Labute approximate surface area is 149 Å². The maximum absolute atomic E-state index is 12.8. The van der Waals surface area contributed by atoms with Gasteiger partial charge in [0.25, 0.3) is 5.91 Å². The van der Waals surface area contributed by atoms with E-state index in [4.69, 9.17) is 4.74 Å². The zero-order valence-corrected chi connectivity index (χ0v) is 14.9. The maximum atomic E-state index is 12.8. The molecule has 130 valence electrons. The van der Waals surface area contributed by atoms with Gasteiger partial charge >= 0.3 is 0 Å². The van der Waals surface area contributed by atoms with E-state index < -0.39 is 0 Å². The fraction of sp³-hybridized carbons (Fsp3) is 0.381. The third-order valence-corrected chi connectivity index (χ3v) is 5.38. The summed E-state index contributed by atoms with van der Waals surface area (Å²) < 4.78 is 5.53. The number of likely N-dealkylation sites (N-methyl/N-ethyl adjacent to an activating group) is 2. The minimum Gasteiger partial charge on any atom is -0.493 e. The third kappa shape index (κ3) is 3.14. The monoisotopic (exact) mass is 336 g/mol. The highest BCUT2D eigenvalue weighted by Gasteiger charge is 2.26. The summed E-state index contributed by atoms with van der Waals surface area (Å²) in [4.78, 5) is 17.0. The van der Waals surface area contributed by atoms with E-state index in [1.807, 2.05) is 30.1 Å². The van der Waals surface area contributed by atoms with Crippen molar-refractivity contribution >= 4 is 5.91 Å². The lowest BCUT2D eigenvalue weighted by Gasteiger charge is -2.36. The largest absolute Gasteiger partial charge is 0.493 e. The third-order valence-electron chi connectivity index (χ3n) is 5.38. The van der Waals surface area contributed by atoms with Crippen LogP contribution in [0.3, 0.4) is 0 Å². The predicted octanol–water partition coefficient (Wildman–Crippen LogP) is 2.75. The summed E-state index contributed by atoms with van der Waals surface area (Å²) in [5.74, 6) is 1.00. The van der Waals surface area contributed by atoms with Crippen LogP contribution in [0.2, 0.25) is 0 Å². The van der Waals surface area contributed by atoms with Crippen LogP contribution in [-0.4, -0.2) is 49.0 Å². The highest BCUT2D eigenvalue weighted by molar-refractivity contribution is 5.94. The van der Waals surface area contributed by atoms with Crippen molar-refractivity contribution < 1.29 is 9.53 Å². The van der Waals surface area contributed by atoms with Gasteiger partial charge in [-0.3, -0.25) is 9.69 Å². The number of benzene rings is 2. The topological polar surface area (TPSA) is 32.8 Å². The zero-order valence-electron chi connectivity index (χ0n) is 14.9. The number of ether oxygens (including phenoxy) is 1. The molecule has 0 spiro atoms. The molecule has 1 unspecified atom stereocenters.